The highest BCUT2D eigenvalue weighted by molar-refractivity contribution is 6.33. The highest BCUT2D eigenvalue weighted by Gasteiger charge is 2.24. The molecule has 0 saturated heterocycles. The molecule has 1 atom stereocenters. The number of rotatable bonds is 2. The number of halogens is 1. The van der Waals surface area contributed by atoms with E-state index in [1.54, 1.807) is 6.07 Å². The van der Waals surface area contributed by atoms with Gasteiger partial charge in [-0.15, -0.1) is 0 Å². The molecular weight excluding hydrogens is 270 g/mol. The zero-order valence-corrected chi connectivity index (χ0v) is 12.1. The molecule has 0 bridgehead atoms. The molecule has 0 amide bonds. The molecule has 2 aromatic carbocycles. The van der Waals surface area contributed by atoms with Crippen LogP contribution < -0.4 is 4.90 Å². The molecule has 0 aliphatic carbocycles. The molecule has 3 heteroatoms. The Kier molecular flexibility index (Phi) is 3.49. The summed E-state index contributed by atoms with van der Waals surface area (Å²) in [5.74, 6) is 0.545. The molecule has 1 aliphatic heterocycles. The third-order valence-electron chi connectivity index (χ3n) is 3.78. The topological polar surface area (TPSA) is 20.3 Å². The van der Waals surface area contributed by atoms with E-state index in [1.165, 1.54) is 11.3 Å². The van der Waals surface area contributed by atoms with Crippen molar-refractivity contribution in [1.82, 2.24) is 0 Å². The normalized spacial score (nSPS) is 17.7. The summed E-state index contributed by atoms with van der Waals surface area (Å²) >= 11 is 6.15. The molecule has 0 aromatic heterocycles. The Hall–Kier alpha value is -1.80. The lowest BCUT2D eigenvalue weighted by Crippen LogP contribution is -2.31. The molecule has 2 aromatic rings. The van der Waals surface area contributed by atoms with Gasteiger partial charge in [0.2, 0.25) is 0 Å². The highest BCUT2D eigenvalue weighted by Crippen LogP contribution is 2.37. The van der Waals surface area contributed by atoms with Crippen molar-refractivity contribution in [3.05, 3.63) is 58.6 Å². The van der Waals surface area contributed by atoms with Crippen LogP contribution in [0, 0.1) is 5.92 Å². The van der Waals surface area contributed by atoms with Gasteiger partial charge in [0.15, 0.2) is 6.29 Å². The van der Waals surface area contributed by atoms with Crippen molar-refractivity contribution in [2.75, 3.05) is 11.4 Å². The van der Waals surface area contributed by atoms with E-state index in [0.29, 0.717) is 16.5 Å². The van der Waals surface area contributed by atoms with E-state index in [1.807, 2.05) is 18.2 Å². The standard InChI is InChI=1S/C17H16ClNO/c1-12-9-13-5-2-3-7-16(13)19(10-12)17-8-4-6-15(18)14(17)11-20/h2-8,11-12H,9-10H2,1H3. The third kappa shape index (κ3) is 2.20. The maximum atomic E-state index is 11.4. The summed E-state index contributed by atoms with van der Waals surface area (Å²) in [7, 11) is 0. The van der Waals surface area contributed by atoms with Gasteiger partial charge in [-0.1, -0.05) is 42.8 Å². The minimum atomic E-state index is 0.508. The maximum absolute atomic E-state index is 11.4. The van der Waals surface area contributed by atoms with Crippen LogP contribution in [0.25, 0.3) is 0 Å². The van der Waals surface area contributed by atoms with E-state index in [0.717, 1.165) is 24.9 Å². The monoisotopic (exact) mass is 285 g/mol. The average Bonchev–Trinajstić information content (AvgIpc) is 2.46. The number of carbonyl (C=O) groups excluding carboxylic acids is 1. The first kappa shape index (κ1) is 13.2. The van der Waals surface area contributed by atoms with Crippen LogP contribution in [0.2, 0.25) is 5.02 Å². The molecular formula is C17H16ClNO. The number of fused-ring (bicyclic) bond motifs is 1. The van der Waals surface area contributed by atoms with Crippen LogP contribution in [-0.4, -0.2) is 12.8 Å². The van der Waals surface area contributed by atoms with Crippen LogP contribution in [0.5, 0.6) is 0 Å². The van der Waals surface area contributed by atoms with Crippen molar-refractivity contribution in [3.8, 4) is 0 Å². The molecule has 1 heterocycles. The first-order chi connectivity index (χ1) is 9.70. The maximum Gasteiger partial charge on any atom is 0.153 e. The molecule has 102 valence electrons. The summed E-state index contributed by atoms with van der Waals surface area (Å²) in [4.78, 5) is 13.6. The van der Waals surface area contributed by atoms with E-state index in [-0.39, 0.29) is 0 Å². The van der Waals surface area contributed by atoms with Gasteiger partial charge >= 0.3 is 0 Å². The lowest BCUT2D eigenvalue weighted by atomic mass is 9.93. The largest absolute Gasteiger partial charge is 0.340 e. The van der Waals surface area contributed by atoms with E-state index in [9.17, 15) is 4.79 Å². The second-order valence-corrected chi connectivity index (χ2v) is 5.75. The summed E-state index contributed by atoms with van der Waals surface area (Å²) < 4.78 is 0. The van der Waals surface area contributed by atoms with Gasteiger partial charge in [0.25, 0.3) is 0 Å². The predicted octanol–water partition coefficient (Wildman–Crippen LogP) is 4.48. The fourth-order valence-electron chi connectivity index (χ4n) is 2.90. The van der Waals surface area contributed by atoms with E-state index < -0.39 is 0 Å². The second-order valence-electron chi connectivity index (χ2n) is 5.34. The Balaban J connectivity index is 2.16. The van der Waals surface area contributed by atoms with Gasteiger partial charge in [-0.25, -0.2) is 0 Å². The zero-order chi connectivity index (χ0) is 14.1. The Morgan fingerprint density at radius 3 is 2.70 bits per heavy atom. The number of hydrogen-bond acceptors (Lipinski definition) is 2. The molecule has 3 rings (SSSR count). The Morgan fingerprint density at radius 1 is 1.15 bits per heavy atom. The number of nitrogens with zero attached hydrogens (tertiary/aromatic N) is 1. The van der Waals surface area contributed by atoms with E-state index >= 15 is 0 Å². The molecule has 0 N–H and O–H groups in total. The number of anilines is 2. The minimum Gasteiger partial charge on any atom is -0.340 e. The zero-order valence-electron chi connectivity index (χ0n) is 11.3. The molecule has 1 aliphatic rings. The highest BCUT2D eigenvalue weighted by atomic mass is 35.5. The summed E-state index contributed by atoms with van der Waals surface area (Å²) in [5.41, 5.74) is 3.96. The molecule has 1 unspecified atom stereocenters. The molecule has 0 saturated carbocycles. The Labute approximate surface area is 124 Å². The van der Waals surface area contributed by atoms with Gasteiger partial charge in [0.1, 0.15) is 0 Å². The number of aldehydes is 1. The van der Waals surface area contributed by atoms with Crippen molar-refractivity contribution in [3.63, 3.8) is 0 Å². The first-order valence-corrected chi connectivity index (χ1v) is 7.17. The second kappa shape index (κ2) is 5.29. The van der Waals surface area contributed by atoms with Crippen molar-refractivity contribution < 1.29 is 4.79 Å². The molecule has 0 spiro atoms. The fraction of sp³-hybridized carbons (Fsp3) is 0.235. The number of hydrogen-bond donors (Lipinski definition) is 0. The summed E-state index contributed by atoms with van der Waals surface area (Å²) in [6, 6.07) is 14.0. The van der Waals surface area contributed by atoms with Crippen molar-refractivity contribution in [2.24, 2.45) is 5.92 Å². The van der Waals surface area contributed by atoms with Gasteiger partial charge in [-0.2, -0.15) is 0 Å². The number of benzene rings is 2. The molecule has 2 nitrogen and oxygen atoms in total. The van der Waals surface area contributed by atoms with Gasteiger partial charge in [-0.05, 0) is 36.1 Å². The Morgan fingerprint density at radius 2 is 1.90 bits per heavy atom. The first-order valence-electron chi connectivity index (χ1n) is 6.80. The third-order valence-corrected chi connectivity index (χ3v) is 4.11. The van der Waals surface area contributed by atoms with Crippen LogP contribution in [-0.2, 0) is 6.42 Å². The van der Waals surface area contributed by atoms with Crippen molar-refractivity contribution in [1.29, 1.82) is 0 Å². The van der Waals surface area contributed by atoms with E-state index in [4.69, 9.17) is 11.6 Å². The van der Waals surface area contributed by atoms with Crippen molar-refractivity contribution >= 4 is 29.3 Å². The summed E-state index contributed by atoms with van der Waals surface area (Å²) in [5, 5.41) is 0.508. The van der Waals surface area contributed by atoms with Crippen LogP contribution in [0.15, 0.2) is 42.5 Å². The Bertz CT molecular complexity index is 653. The van der Waals surface area contributed by atoms with E-state index in [2.05, 4.69) is 30.0 Å². The lowest BCUT2D eigenvalue weighted by Gasteiger charge is -2.35. The summed E-state index contributed by atoms with van der Waals surface area (Å²) in [6.07, 6.45) is 1.92. The minimum absolute atomic E-state index is 0.508. The SMILES string of the molecule is CC1Cc2ccccc2N(c2cccc(Cl)c2C=O)C1. The lowest BCUT2D eigenvalue weighted by molar-refractivity contribution is 0.112. The van der Waals surface area contributed by atoms with Crippen LogP contribution in [0.3, 0.4) is 0 Å². The smallest absolute Gasteiger partial charge is 0.153 e. The predicted molar refractivity (Wildman–Crippen MR) is 83.2 cm³/mol. The van der Waals surface area contributed by atoms with Gasteiger partial charge < -0.3 is 4.90 Å². The van der Waals surface area contributed by atoms with Crippen LogP contribution in [0.4, 0.5) is 11.4 Å². The van der Waals surface area contributed by atoms with Crippen molar-refractivity contribution in [2.45, 2.75) is 13.3 Å². The summed E-state index contributed by atoms with van der Waals surface area (Å²) in [6.45, 7) is 3.13. The quantitative estimate of drug-likeness (QED) is 0.758. The fourth-order valence-corrected chi connectivity index (χ4v) is 3.12. The van der Waals surface area contributed by atoms with Crippen LogP contribution in [0.1, 0.15) is 22.8 Å². The number of carbonyl (C=O) groups is 1. The average molecular weight is 286 g/mol. The molecule has 20 heavy (non-hydrogen) atoms. The van der Waals surface area contributed by atoms with Gasteiger partial charge in [0, 0.05) is 12.2 Å². The van der Waals surface area contributed by atoms with Crippen LogP contribution >= 0.6 is 11.6 Å². The van der Waals surface area contributed by atoms with Gasteiger partial charge in [0.05, 0.1) is 16.3 Å². The molecule has 0 radical (unpaired) electrons. The van der Waals surface area contributed by atoms with Gasteiger partial charge in [-0.3, -0.25) is 4.79 Å². The number of para-hydroxylation sites is 1. The molecule has 0 fully saturated rings.